The van der Waals surface area contributed by atoms with Crippen molar-refractivity contribution in [3.63, 3.8) is 0 Å². The predicted molar refractivity (Wildman–Crippen MR) is 71.6 cm³/mol. The van der Waals surface area contributed by atoms with E-state index in [0.29, 0.717) is 5.75 Å². The molecule has 0 saturated heterocycles. The molecule has 0 aromatic heterocycles. The van der Waals surface area contributed by atoms with Crippen LogP contribution in [0.2, 0.25) is 6.04 Å². The van der Waals surface area contributed by atoms with Gasteiger partial charge in [-0.1, -0.05) is 18.2 Å². The molecular weight excluding hydrogens is 232 g/mol. The summed E-state index contributed by atoms with van der Waals surface area (Å²) in [5, 5.41) is 9.63. The normalized spacial score (nSPS) is 11.0. The van der Waals surface area contributed by atoms with Gasteiger partial charge in [0.15, 0.2) is 0 Å². The highest BCUT2D eigenvalue weighted by Crippen LogP contribution is 2.18. The first kappa shape index (κ1) is 14.2. The van der Waals surface area contributed by atoms with Crippen LogP contribution in [0, 0.1) is 0 Å². The molecule has 0 saturated carbocycles. The largest absolute Gasteiger partial charge is 0.508 e. The summed E-state index contributed by atoms with van der Waals surface area (Å²) in [4.78, 5) is 0. The second kappa shape index (κ2) is 8.28. The molecule has 0 amide bonds. The van der Waals surface area contributed by atoms with Crippen LogP contribution in [0.5, 0.6) is 5.75 Å². The molecule has 1 aromatic rings. The van der Waals surface area contributed by atoms with Crippen LogP contribution in [-0.4, -0.2) is 27.6 Å². The summed E-state index contributed by atoms with van der Waals surface area (Å²) in [6.45, 7) is 5.46. The van der Waals surface area contributed by atoms with Gasteiger partial charge in [0.1, 0.15) is 5.75 Å². The number of phenolic OH excluding ortho intramolecular Hbond substituents is 1. The van der Waals surface area contributed by atoms with Gasteiger partial charge in [-0.3, -0.25) is 0 Å². The molecule has 0 radical (unpaired) electrons. The second-order valence-electron chi connectivity index (χ2n) is 3.86. The number of rotatable bonds is 8. The highest BCUT2D eigenvalue weighted by Gasteiger charge is 2.11. The molecule has 0 unspecified atom stereocenters. The van der Waals surface area contributed by atoms with E-state index in [2.05, 4.69) is 0 Å². The topological polar surface area (TPSA) is 38.7 Å². The van der Waals surface area contributed by atoms with Crippen LogP contribution in [0.15, 0.2) is 24.3 Å². The average molecular weight is 254 g/mol. The van der Waals surface area contributed by atoms with Crippen LogP contribution in [0.4, 0.5) is 0 Å². The number of benzene rings is 1. The maximum absolute atomic E-state index is 9.63. The van der Waals surface area contributed by atoms with Crippen LogP contribution in [-0.2, 0) is 15.3 Å². The van der Waals surface area contributed by atoms with Crippen molar-refractivity contribution in [1.29, 1.82) is 0 Å². The monoisotopic (exact) mass is 254 g/mol. The van der Waals surface area contributed by atoms with Crippen molar-refractivity contribution in [1.82, 2.24) is 0 Å². The zero-order chi connectivity index (χ0) is 12.5. The lowest BCUT2D eigenvalue weighted by Crippen LogP contribution is -2.22. The summed E-state index contributed by atoms with van der Waals surface area (Å²) in [5.74, 6) is 0.388. The van der Waals surface area contributed by atoms with Crippen molar-refractivity contribution in [2.45, 2.75) is 32.7 Å². The van der Waals surface area contributed by atoms with Crippen molar-refractivity contribution in [3.05, 3.63) is 29.8 Å². The van der Waals surface area contributed by atoms with Gasteiger partial charge in [0.05, 0.1) is 0 Å². The molecule has 4 heteroatoms. The SMILES string of the molecule is CCO[SiH](CCCc1ccccc1O)OCC. The Bertz CT molecular complexity index is 311. The molecule has 0 aliphatic carbocycles. The third kappa shape index (κ3) is 5.34. The Balaban J connectivity index is 2.33. The molecule has 1 rings (SSSR count). The van der Waals surface area contributed by atoms with Crippen LogP contribution in [0.25, 0.3) is 0 Å². The molecule has 0 bridgehead atoms. The molecule has 0 heterocycles. The van der Waals surface area contributed by atoms with E-state index in [1.807, 2.05) is 32.0 Å². The maximum Gasteiger partial charge on any atom is 0.321 e. The molecule has 0 fully saturated rings. The van der Waals surface area contributed by atoms with Gasteiger partial charge in [-0.15, -0.1) is 0 Å². The summed E-state index contributed by atoms with van der Waals surface area (Å²) in [7, 11) is -1.47. The van der Waals surface area contributed by atoms with Crippen molar-refractivity contribution < 1.29 is 14.0 Å². The summed E-state index contributed by atoms with van der Waals surface area (Å²) in [6.07, 6.45) is 1.89. The van der Waals surface area contributed by atoms with Crippen molar-refractivity contribution in [2.24, 2.45) is 0 Å². The summed E-state index contributed by atoms with van der Waals surface area (Å²) in [6, 6.07) is 8.49. The first-order valence-corrected chi connectivity index (χ1v) is 8.04. The lowest BCUT2D eigenvalue weighted by atomic mass is 10.1. The van der Waals surface area contributed by atoms with Gasteiger partial charge in [-0.25, -0.2) is 0 Å². The number of para-hydroxylation sites is 1. The minimum atomic E-state index is -1.47. The Morgan fingerprint density at radius 2 is 1.76 bits per heavy atom. The third-order valence-corrected chi connectivity index (χ3v) is 4.87. The number of aryl methyl sites for hydroxylation is 1. The molecule has 0 aliphatic rings. The summed E-state index contributed by atoms with van der Waals surface area (Å²) >= 11 is 0. The minimum absolute atomic E-state index is 0.388. The van der Waals surface area contributed by atoms with Crippen LogP contribution < -0.4 is 0 Å². The Morgan fingerprint density at radius 3 is 2.35 bits per heavy atom. The van der Waals surface area contributed by atoms with Crippen LogP contribution >= 0.6 is 0 Å². The molecule has 1 N–H and O–H groups in total. The van der Waals surface area contributed by atoms with Crippen LogP contribution in [0.3, 0.4) is 0 Å². The summed E-state index contributed by atoms with van der Waals surface area (Å²) < 4.78 is 11.2. The summed E-state index contributed by atoms with van der Waals surface area (Å²) in [5.41, 5.74) is 1.01. The van der Waals surface area contributed by atoms with Gasteiger partial charge in [-0.05, 0) is 44.4 Å². The molecule has 1 aromatic carbocycles. The number of hydrogen-bond acceptors (Lipinski definition) is 3. The lowest BCUT2D eigenvalue weighted by molar-refractivity contribution is 0.213. The fourth-order valence-electron chi connectivity index (χ4n) is 1.77. The van der Waals surface area contributed by atoms with Gasteiger partial charge in [-0.2, -0.15) is 0 Å². The van der Waals surface area contributed by atoms with E-state index in [9.17, 15) is 5.11 Å². The van der Waals surface area contributed by atoms with Crippen molar-refractivity contribution >= 4 is 9.28 Å². The van der Waals surface area contributed by atoms with E-state index in [4.69, 9.17) is 8.85 Å². The predicted octanol–water partition coefficient (Wildman–Crippen LogP) is 2.62. The fraction of sp³-hybridized carbons (Fsp3) is 0.538. The van der Waals surface area contributed by atoms with E-state index in [1.54, 1.807) is 6.07 Å². The van der Waals surface area contributed by atoms with E-state index < -0.39 is 9.28 Å². The van der Waals surface area contributed by atoms with Gasteiger partial charge < -0.3 is 14.0 Å². The quantitative estimate of drug-likeness (QED) is 0.725. The number of hydrogen-bond donors (Lipinski definition) is 1. The van der Waals surface area contributed by atoms with Gasteiger partial charge >= 0.3 is 9.28 Å². The van der Waals surface area contributed by atoms with Gasteiger partial charge in [0.25, 0.3) is 0 Å². The lowest BCUT2D eigenvalue weighted by Gasteiger charge is -2.14. The minimum Gasteiger partial charge on any atom is -0.508 e. The molecule has 3 nitrogen and oxygen atoms in total. The standard InChI is InChI=1S/C13H22O3Si/c1-3-15-17(16-4-2)11-7-9-12-8-5-6-10-13(12)14/h5-6,8,10,14,17H,3-4,7,9,11H2,1-2H3. The molecule has 0 aliphatic heterocycles. The molecule has 0 atom stereocenters. The first-order chi connectivity index (χ1) is 8.27. The highest BCUT2D eigenvalue weighted by molar-refractivity contribution is 6.44. The van der Waals surface area contributed by atoms with Gasteiger partial charge in [0.2, 0.25) is 0 Å². The molecule has 96 valence electrons. The number of phenols is 1. The molecular formula is C13H22O3Si. The van der Waals surface area contributed by atoms with Crippen LogP contribution in [0.1, 0.15) is 25.8 Å². The molecule has 0 spiro atoms. The molecule has 17 heavy (non-hydrogen) atoms. The van der Waals surface area contributed by atoms with E-state index >= 15 is 0 Å². The highest BCUT2D eigenvalue weighted by atomic mass is 28.3. The Labute approximate surface area is 105 Å². The zero-order valence-corrected chi connectivity index (χ0v) is 11.8. The van der Waals surface area contributed by atoms with E-state index in [-0.39, 0.29) is 0 Å². The average Bonchev–Trinajstić information content (AvgIpc) is 2.32. The van der Waals surface area contributed by atoms with Crippen molar-refractivity contribution in [3.8, 4) is 5.75 Å². The third-order valence-electron chi connectivity index (χ3n) is 2.58. The van der Waals surface area contributed by atoms with E-state index in [1.165, 1.54) is 0 Å². The zero-order valence-electron chi connectivity index (χ0n) is 10.7. The fourth-order valence-corrected chi connectivity index (χ4v) is 3.48. The second-order valence-corrected chi connectivity index (χ2v) is 5.96. The smallest absolute Gasteiger partial charge is 0.321 e. The van der Waals surface area contributed by atoms with Crippen molar-refractivity contribution in [2.75, 3.05) is 13.2 Å². The first-order valence-electron chi connectivity index (χ1n) is 6.28. The van der Waals surface area contributed by atoms with Gasteiger partial charge in [0, 0.05) is 13.2 Å². The number of aromatic hydroxyl groups is 1. The van der Waals surface area contributed by atoms with E-state index in [0.717, 1.165) is 37.7 Å². The maximum atomic E-state index is 9.63. The Morgan fingerprint density at radius 1 is 1.12 bits per heavy atom. The Kier molecular flexibility index (Phi) is 6.92. The Hall–Kier alpha value is -0.843.